The lowest BCUT2D eigenvalue weighted by Crippen LogP contribution is -2.15. The summed E-state index contributed by atoms with van der Waals surface area (Å²) in [6.07, 6.45) is 10.4. The van der Waals surface area contributed by atoms with Crippen LogP contribution in [-0.4, -0.2) is 13.7 Å². The lowest BCUT2D eigenvalue weighted by atomic mass is 9.78. The van der Waals surface area contributed by atoms with Crippen LogP contribution in [-0.2, 0) is 11.2 Å². The van der Waals surface area contributed by atoms with Crippen LogP contribution in [0.25, 0.3) is 10.8 Å². The molecular weight excluding hydrogens is 414 g/mol. The van der Waals surface area contributed by atoms with Crippen molar-refractivity contribution in [3.63, 3.8) is 0 Å². The fourth-order valence-corrected chi connectivity index (χ4v) is 4.94. The summed E-state index contributed by atoms with van der Waals surface area (Å²) in [5, 5.41) is 0.935. The van der Waals surface area contributed by atoms with Crippen LogP contribution in [0.3, 0.4) is 0 Å². The molecule has 0 amide bonds. The second-order valence-electron chi connectivity index (χ2n) is 9.30. The summed E-state index contributed by atoms with van der Waals surface area (Å²) >= 11 is 0. The zero-order valence-electron chi connectivity index (χ0n) is 19.4. The van der Waals surface area contributed by atoms with Crippen molar-refractivity contribution in [2.75, 3.05) is 13.7 Å². The normalized spacial score (nSPS) is 18.2. The van der Waals surface area contributed by atoms with E-state index in [-0.39, 0.29) is 5.39 Å². The average molecular weight is 447 g/mol. The Kier molecular flexibility index (Phi) is 8.13. The molecule has 3 heteroatoms. The Morgan fingerprint density at radius 3 is 2.21 bits per heavy atom. The van der Waals surface area contributed by atoms with E-state index in [4.69, 9.17) is 4.74 Å². The predicted octanol–water partition coefficient (Wildman–Crippen LogP) is 7.68. The van der Waals surface area contributed by atoms with Gasteiger partial charge in [-0.1, -0.05) is 61.8 Å². The Balaban J connectivity index is 1.28. The molecule has 33 heavy (non-hydrogen) atoms. The highest BCUT2D eigenvalue weighted by atomic mass is 19.2. The fraction of sp³-hybridized carbons (Fsp3) is 0.400. The molecule has 0 N–H and O–H groups in total. The monoisotopic (exact) mass is 446 g/mol. The summed E-state index contributed by atoms with van der Waals surface area (Å²) in [7, 11) is 1.79. The number of hydrogen-bond donors (Lipinski definition) is 0. The maximum Gasteiger partial charge on any atom is 0.166 e. The molecule has 0 spiro atoms. The van der Waals surface area contributed by atoms with Gasteiger partial charge in [-0.2, -0.15) is 0 Å². The molecule has 0 atom stereocenters. The van der Waals surface area contributed by atoms with Crippen LogP contribution < -0.4 is 0 Å². The topological polar surface area (TPSA) is 9.23 Å². The molecule has 0 aromatic heterocycles. The van der Waals surface area contributed by atoms with Gasteiger partial charge in [-0.3, -0.25) is 0 Å². The highest BCUT2D eigenvalue weighted by Crippen LogP contribution is 2.34. The Labute approximate surface area is 196 Å². The van der Waals surface area contributed by atoms with E-state index in [2.05, 4.69) is 36.1 Å². The predicted molar refractivity (Wildman–Crippen MR) is 131 cm³/mol. The standard InChI is InChI=1S/C30H32F2O/c1-33-20-2-3-22-4-6-23(7-5-22)8-9-24-10-12-25(13-11-24)14-15-26-16-18-28-27(21-26)17-19-29(31)30(28)32/h10-13,16-19,21-23H,2-9,20H2,1H3. The minimum absolute atomic E-state index is 0.282. The van der Waals surface area contributed by atoms with E-state index >= 15 is 0 Å². The smallest absolute Gasteiger partial charge is 0.166 e. The molecule has 172 valence electrons. The summed E-state index contributed by atoms with van der Waals surface area (Å²) in [4.78, 5) is 0. The van der Waals surface area contributed by atoms with Gasteiger partial charge in [0.25, 0.3) is 0 Å². The second kappa shape index (κ2) is 11.4. The molecule has 0 unspecified atom stereocenters. The number of fused-ring (bicyclic) bond motifs is 1. The van der Waals surface area contributed by atoms with Crippen molar-refractivity contribution in [1.82, 2.24) is 0 Å². The summed E-state index contributed by atoms with van der Waals surface area (Å²) in [6, 6.07) is 16.4. The van der Waals surface area contributed by atoms with Crippen molar-refractivity contribution >= 4 is 10.8 Å². The Morgan fingerprint density at radius 1 is 0.818 bits per heavy atom. The van der Waals surface area contributed by atoms with Gasteiger partial charge in [0.05, 0.1) is 0 Å². The number of ether oxygens (including phenoxy) is 1. The third-order valence-corrected chi connectivity index (χ3v) is 6.98. The van der Waals surface area contributed by atoms with Gasteiger partial charge in [-0.25, -0.2) is 8.78 Å². The fourth-order valence-electron chi connectivity index (χ4n) is 4.94. The molecule has 0 radical (unpaired) electrons. The van der Waals surface area contributed by atoms with Crippen molar-refractivity contribution in [3.8, 4) is 11.8 Å². The van der Waals surface area contributed by atoms with Gasteiger partial charge in [-0.05, 0) is 78.8 Å². The summed E-state index contributed by atoms with van der Waals surface area (Å²) in [5.41, 5.74) is 3.11. The van der Waals surface area contributed by atoms with E-state index in [1.54, 1.807) is 31.4 Å². The van der Waals surface area contributed by atoms with E-state index in [0.717, 1.165) is 42.1 Å². The van der Waals surface area contributed by atoms with Crippen LogP contribution in [0.2, 0.25) is 0 Å². The molecule has 1 aliphatic rings. The average Bonchev–Trinajstić information content (AvgIpc) is 2.85. The molecule has 1 saturated carbocycles. The largest absolute Gasteiger partial charge is 0.385 e. The number of methoxy groups -OCH3 is 1. The lowest BCUT2D eigenvalue weighted by Gasteiger charge is -2.28. The van der Waals surface area contributed by atoms with Gasteiger partial charge in [0.2, 0.25) is 0 Å². The Hall–Kier alpha value is -2.70. The number of rotatable bonds is 7. The minimum atomic E-state index is -0.827. The lowest BCUT2D eigenvalue weighted by molar-refractivity contribution is 0.175. The zero-order valence-corrected chi connectivity index (χ0v) is 19.4. The van der Waals surface area contributed by atoms with Crippen molar-refractivity contribution < 1.29 is 13.5 Å². The van der Waals surface area contributed by atoms with Crippen LogP contribution in [0.5, 0.6) is 0 Å². The van der Waals surface area contributed by atoms with E-state index in [1.165, 1.54) is 50.5 Å². The molecule has 1 nitrogen and oxygen atoms in total. The molecule has 1 aliphatic carbocycles. The van der Waals surface area contributed by atoms with Crippen LogP contribution in [0.1, 0.15) is 61.6 Å². The number of benzene rings is 3. The van der Waals surface area contributed by atoms with Gasteiger partial charge < -0.3 is 4.74 Å². The number of hydrogen-bond acceptors (Lipinski definition) is 1. The van der Waals surface area contributed by atoms with Crippen LogP contribution in [0, 0.1) is 35.3 Å². The molecule has 0 heterocycles. The SMILES string of the molecule is COCCCC1CCC(CCc2ccc(C#Cc3ccc4c(F)c(F)ccc4c3)cc2)CC1. The van der Waals surface area contributed by atoms with Gasteiger partial charge in [0, 0.05) is 30.2 Å². The third-order valence-electron chi connectivity index (χ3n) is 6.98. The van der Waals surface area contributed by atoms with Gasteiger partial charge in [0.15, 0.2) is 11.6 Å². The van der Waals surface area contributed by atoms with E-state index in [0.29, 0.717) is 5.39 Å². The molecular formula is C30H32F2O. The number of halogens is 2. The first-order valence-electron chi connectivity index (χ1n) is 12.1. The first kappa shape index (κ1) is 23.5. The third kappa shape index (κ3) is 6.42. The zero-order chi connectivity index (χ0) is 23.0. The van der Waals surface area contributed by atoms with Crippen molar-refractivity contribution in [3.05, 3.63) is 82.9 Å². The summed E-state index contributed by atoms with van der Waals surface area (Å²) in [5.74, 6) is 6.44. The Morgan fingerprint density at radius 2 is 1.48 bits per heavy atom. The second-order valence-corrected chi connectivity index (χ2v) is 9.30. The first-order chi connectivity index (χ1) is 16.1. The van der Waals surface area contributed by atoms with E-state index in [1.807, 2.05) is 0 Å². The van der Waals surface area contributed by atoms with Crippen molar-refractivity contribution in [2.24, 2.45) is 11.8 Å². The molecule has 0 aliphatic heterocycles. The maximum absolute atomic E-state index is 13.9. The van der Waals surface area contributed by atoms with Gasteiger partial charge >= 0.3 is 0 Å². The van der Waals surface area contributed by atoms with Crippen molar-refractivity contribution in [1.29, 1.82) is 0 Å². The van der Waals surface area contributed by atoms with E-state index in [9.17, 15) is 8.78 Å². The highest BCUT2D eigenvalue weighted by Gasteiger charge is 2.20. The molecule has 1 fully saturated rings. The summed E-state index contributed by atoms with van der Waals surface area (Å²) in [6.45, 7) is 0.893. The minimum Gasteiger partial charge on any atom is -0.385 e. The summed E-state index contributed by atoms with van der Waals surface area (Å²) < 4.78 is 32.4. The molecule has 4 rings (SSSR count). The quantitative estimate of drug-likeness (QED) is 0.267. The molecule has 0 bridgehead atoms. The molecule has 0 saturated heterocycles. The van der Waals surface area contributed by atoms with Gasteiger partial charge in [0.1, 0.15) is 0 Å². The molecule has 3 aromatic rings. The maximum atomic E-state index is 13.9. The van der Waals surface area contributed by atoms with Crippen molar-refractivity contribution in [2.45, 2.75) is 51.4 Å². The Bertz CT molecular complexity index is 1120. The van der Waals surface area contributed by atoms with Crippen LogP contribution >= 0.6 is 0 Å². The first-order valence-corrected chi connectivity index (χ1v) is 12.1. The molecule has 3 aromatic carbocycles. The highest BCUT2D eigenvalue weighted by molar-refractivity contribution is 5.84. The van der Waals surface area contributed by atoms with Gasteiger partial charge in [-0.15, -0.1) is 0 Å². The number of aryl methyl sites for hydroxylation is 1. The van der Waals surface area contributed by atoms with Crippen LogP contribution in [0.15, 0.2) is 54.6 Å². The van der Waals surface area contributed by atoms with Crippen LogP contribution in [0.4, 0.5) is 8.78 Å². The van der Waals surface area contributed by atoms with E-state index < -0.39 is 11.6 Å².